The van der Waals surface area contributed by atoms with Gasteiger partial charge < -0.3 is 52.2 Å². The van der Waals surface area contributed by atoms with E-state index in [1.165, 1.54) is 0 Å². The van der Waals surface area contributed by atoms with Crippen LogP contribution in [-0.4, -0.2) is 118 Å². The summed E-state index contributed by atoms with van der Waals surface area (Å²) in [7, 11) is 0. The molecular formula is C52H91N7O13. The van der Waals surface area contributed by atoms with Gasteiger partial charge in [-0.3, -0.25) is 43.2 Å². The number of unbranched alkanes of at least 4 members (excludes halogenated alkanes) is 5. The van der Waals surface area contributed by atoms with Gasteiger partial charge in [0.15, 0.2) is 0 Å². The van der Waals surface area contributed by atoms with Gasteiger partial charge in [0.05, 0.1) is 12.8 Å². The zero-order chi connectivity index (χ0) is 54.8. The third-order valence-corrected chi connectivity index (χ3v) is 12.1. The zero-order valence-corrected chi connectivity index (χ0v) is 45.3. The van der Waals surface area contributed by atoms with Crippen molar-refractivity contribution in [2.45, 2.75) is 234 Å². The van der Waals surface area contributed by atoms with Crippen LogP contribution in [0.2, 0.25) is 0 Å². The first-order chi connectivity index (χ1) is 33.6. The van der Waals surface area contributed by atoms with Gasteiger partial charge in [-0.1, -0.05) is 122 Å². The van der Waals surface area contributed by atoms with Gasteiger partial charge in [-0.15, -0.1) is 0 Å². The van der Waals surface area contributed by atoms with E-state index < -0.39 is 133 Å². The van der Waals surface area contributed by atoms with Crippen molar-refractivity contribution in [1.29, 1.82) is 0 Å². The van der Waals surface area contributed by atoms with Crippen molar-refractivity contribution in [3.63, 3.8) is 0 Å². The monoisotopic (exact) mass is 1020 g/mol. The Morgan fingerprint density at radius 1 is 0.458 bits per heavy atom. The van der Waals surface area contributed by atoms with E-state index in [0.717, 1.165) is 38.5 Å². The number of nitrogens with one attached hydrogen (secondary N) is 7. The Kier molecular flexibility index (Phi) is 30.0. The van der Waals surface area contributed by atoms with Gasteiger partial charge in [0.1, 0.15) is 48.4 Å². The Morgan fingerprint density at radius 2 is 0.861 bits per heavy atom. The van der Waals surface area contributed by atoms with Gasteiger partial charge in [0.25, 0.3) is 0 Å². The van der Waals surface area contributed by atoms with E-state index in [9.17, 15) is 58.2 Å². The molecule has 1 aliphatic rings. The molecule has 0 aromatic carbocycles. The van der Waals surface area contributed by atoms with Crippen LogP contribution in [-0.2, 0) is 52.7 Å². The van der Waals surface area contributed by atoms with Crippen molar-refractivity contribution >= 4 is 59.3 Å². The minimum absolute atomic E-state index is 0.0390. The minimum Gasteiger partial charge on any atom is -0.481 e. The average Bonchev–Trinajstić information content (AvgIpc) is 3.24. The molecule has 1 saturated heterocycles. The maximum absolute atomic E-state index is 14.2. The molecule has 0 saturated carbocycles. The van der Waals surface area contributed by atoms with Crippen LogP contribution in [0.15, 0.2) is 0 Å². The number of carbonyl (C=O) groups excluding carboxylic acids is 8. The van der Waals surface area contributed by atoms with Crippen LogP contribution in [0.4, 0.5) is 0 Å². The highest BCUT2D eigenvalue weighted by molar-refractivity contribution is 5.98. The molecule has 0 aromatic heterocycles. The first-order valence-electron chi connectivity index (χ1n) is 26.3. The number of carboxylic acids is 2. The Bertz CT molecular complexity index is 1790. The van der Waals surface area contributed by atoms with Crippen LogP contribution in [0.1, 0.15) is 186 Å². The number of carbonyl (C=O) groups is 10. The van der Waals surface area contributed by atoms with Gasteiger partial charge in [0, 0.05) is 6.42 Å². The van der Waals surface area contributed by atoms with E-state index in [-0.39, 0.29) is 62.2 Å². The lowest BCUT2D eigenvalue weighted by molar-refractivity contribution is -0.155. The molecule has 8 atom stereocenters. The first kappa shape index (κ1) is 64.7. The van der Waals surface area contributed by atoms with Gasteiger partial charge in [-0.25, -0.2) is 4.79 Å². The van der Waals surface area contributed by atoms with Crippen LogP contribution in [0.3, 0.4) is 0 Å². The molecule has 0 radical (unpaired) electrons. The normalized spacial score (nSPS) is 24.2. The van der Waals surface area contributed by atoms with E-state index in [1.54, 1.807) is 55.4 Å². The molecule has 0 bridgehead atoms. The molecule has 412 valence electrons. The van der Waals surface area contributed by atoms with E-state index in [4.69, 9.17) is 4.74 Å². The molecule has 1 rings (SSSR count). The fourth-order valence-corrected chi connectivity index (χ4v) is 8.40. The molecule has 20 heteroatoms. The van der Waals surface area contributed by atoms with E-state index in [0.29, 0.717) is 12.3 Å². The first-order valence-corrected chi connectivity index (χ1v) is 26.3. The summed E-state index contributed by atoms with van der Waals surface area (Å²) in [5.41, 5.74) is 0. The Balaban J connectivity index is 3.98. The number of hydrogen-bond donors (Lipinski definition) is 9. The van der Waals surface area contributed by atoms with Crippen LogP contribution in [0.25, 0.3) is 0 Å². The van der Waals surface area contributed by atoms with E-state index in [2.05, 4.69) is 51.1 Å². The summed E-state index contributed by atoms with van der Waals surface area (Å²) in [6.07, 6.45) is 3.79. The van der Waals surface area contributed by atoms with Crippen molar-refractivity contribution in [2.75, 3.05) is 0 Å². The SMILES string of the molecule is CC(C)CCCCCCCC[C@@H]1CC(=O)N[C@@H](CCC(=O)O)C(=O)N[C@@H](CC(C)C)C(=O)N[C@H](CC(C)C)C(=O)N[C@@H](C(C)C)C(=O)N[C@@H](CC(=O)O)C(=O)N[C@H](CC(C)C)C(=O)N[C@@H](CC(C)C)C(=O)O1. The second-order valence-corrected chi connectivity index (χ2v) is 22.1. The van der Waals surface area contributed by atoms with Crippen molar-refractivity contribution in [2.24, 2.45) is 35.5 Å². The number of esters is 1. The molecule has 20 nitrogen and oxygen atoms in total. The third-order valence-electron chi connectivity index (χ3n) is 12.1. The maximum atomic E-state index is 14.2. The summed E-state index contributed by atoms with van der Waals surface area (Å²) >= 11 is 0. The summed E-state index contributed by atoms with van der Waals surface area (Å²) in [5, 5.41) is 37.9. The van der Waals surface area contributed by atoms with Gasteiger partial charge in [-0.05, 0) is 80.5 Å². The number of cyclic esters (lactones) is 1. The van der Waals surface area contributed by atoms with Crippen LogP contribution in [0.5, 0.6) is 0 Å². The summed E-state index contributed by atoms with van der Waals surface area (Å²) in [4.78, 5) is 136. The molecule has 1 aliphatic heterocycles. The van der Waals surface area contributed by atoms with Crippen molar-refractivity contribution in [3.8, 4) is 0 Å². The predicted molar refractivity (Wildman–Crippen MR) is 272 cm³/mol. The molecule has 1 heterocycles. The number of amides is 7. The molecular weight excluding hydrogens is 931 g/mol. The predicted octanol–water partition coefficient (Wildman–Crippen LogP) is 4.65. The zero-order valence-electron chi connectivity index (χ0n) is 45.3. The number of rotatable bonds is 23. The van der Waals surface area contributed by atoms with Gasteiger partial charge in [0.2, 0.25) is 41.4 Å². The van der Waals surface area contributed by atoms with E-state index >= 15 is 0 Å². The molecule has 0 aromatic rings. The number of carboxylic acid groups (broad SMARTS) is 2. The van der Waals surface area contributed by atoms with Crippen LogP contribution < -0.4 is 37.2 Å². The van der Waals surface area contributed by atoms with Crippen molar-refractivity contribution in [3.05, 3.63) is 0 Å². The number of ether oxygens (including phenoxy) is 1. The number of aliphatic carboxylic acids is 2. The average molecular weight is 1020 g/mol. The lowest BCUT2D eigenvalue weighted by Gasteiger charge is -2.29. The summed E-state index contributed by atoms with van der Waals surface area (Å²) in [6, 6.07) is -9.64. The number of hydrogen-bond acceptors (Lipinski definition) is 11. The fourth-order valence-electron chi connectivity index (χ4n) is 8.40. The molecule has 0 unspecified atom stereocenters. The summed E-state index contributed by atoms with van der Waals surface area (Å²) in [5.74, 6) is -10.2. The Labute approximate surface area is 428 Å². The van der Waals surface area contributed by atoms with Crippen LogP contribution in [0, 0.1) is 35.5 Å². The Morgan fingerprint density at radius 3 is 1.31 bits per heavy atom. The smallest absolute Gasteiger partial charge is 0.328 e. The quantitative estimate of drug-likeness (QED) is 0.0498. The van der Waals surface area contributed by atoms with Gasteiger partial charge >= 0.3 is 17.9 Å². The summed E-state index contributed by atoms with van der Waals surface area (Å²) < 4.78 is 6.03. The summed E-state index contributed by atoms with van der Waals surface area (Å²) in [6.45, 7) is 22.0. The van der Waals surface area contributed by atoms with E-state index in [1.807, 2.05) is 13.8 Å². The van der Waals surface area contributed by atoms with Crippen molar-refractivity contribution in [1.82, 2.24) is 37.2 Å². The lowest BCUT2D eigenvalue weighted by Crippen LogP contribution is -2.61. The molecule has 72 heavy (non-hydrogen) atoms. The molecule has 7 amide bonds. The largest absolute Gasteiger partial charge is 0.481 e. The molecule has 0 aliphatic carbocycles. The molecule has 9 N–H and O–H groups in total. The molecule has 1 fully saturated rings. The fraction of sp³-hybridized carbons (Fsp3) is 0.808. The van der Waals surface area contributed by atoms with Gasteiger partial charge in [-0.2, -0.15) is 0 Å². The molecule has 0 spiro atoms. The standard InChI is InChI=1S/C52H91N7O13/c1-29(2)19-17-15-13-14-16-18-20-35-27-42(60)53-36(21-22-43(61)62)46(65)54-37(23-30(3)4)47(66)56-39(25-32(7)8)50(69)59-45(34(11)12)51(70)57-40(28-44(63)64)49(68)55-38(24-31(5)6)48(67)58-41(26-33(9)10)52(71)72-35/h29-41,45H,13-28H2,1-12H3,(H,53,60)(H,54,65)(H,55,68)(H,56,66)(H,57,70)(H,58,67)(H,59,69)(H,61,62)(H,63,64)/t35-,36+,37+,38-,39-,40+,41+,45+/m1/s1. The minimum atomic E-state index is -1.72. The second kappa shape index (κ2) is 33.4. The van der Waals surface area contributed by atoms with Crippen molar-refractivity contribution < 1.29 is 62.9 Å². The van der Waals surface area contributed by atoms with Crippen LogP contribution >= 0.6 is 0 Å². The third kappa shape index (κ3) is 26.9. The lowest BCUT2D eigenvalue weighted by atomic mass is 9.98. The topological polar surface area (TPSA) is 305 Å². The second-order valence-electron chi connectivity index (χ2n) is 22.1. The highest BCUT2D eigenvalue weighted by Gasteiger charge is 2.37. The highest BCUT2D eigenvalue weighted by Crippen LogP contribution is 2.19. The highest BCUT2D eigenvalue weighted by atomic mass is 16.5. The maximum Gasteiger partial charge on any atom is 0.328 e. The Hall–Kier alpha value is -5.30.